The highest BCUT2D eigenvalue weighted by Crippen LogP contribution is 2.47. The molecule has 0 amide bonds. The molecule has 1 aromatic heterocycles. The molecule has 0 fully saturated rings. The molecule has 7 nitrogen and oxygen atoms in total. The molecule has 0 atom stereocenters. The molecule has 12 bridgehead atoms. The van der Waals surface area contributed by atoms with Crippen molar-refractivity contribution in [1.29, 1.82) is 0 Å². The van der Waals surface area contributed by atoms with E-state index in [9.17, 15) is 0 Å². The number of pyridine rings is 1. The van der Waals surface area contributed by atoms with Crippen LogP contribution in [0.4, 0.5) is 0 Å². The second-order valence-corrected chi connectivity index (χ2v) is 31.2. The molecule has 0 N–H and O–H groups in total. The van der Waals surface area contributed by atoms with E-state index in [1.54, 1.807) is 0 Å². The number of nitrogens with zero attached hydrogens (tertiary/aromatic N) is 1. The van der Waals surface area contributed by atoms with Gasteiger partial charge in [0.2, 0.25) is 0 Å². The van der Waals surface area contributed by atoms with Crippen molar-refractivity contribution in [1.82, 2.24) is 4.98 Å². The topological polar surface area (TPSA) is 68.3 Å². The summed E-state index contributed by atoms with van der Waals surface area (Å²) in [5, 5.41) is 0. The van der Waals surface area contributed by atoms with E-state index in [1.165, 1.54) is 33.4 Å². The number of fused-ring (bicyclic) bond motifs is 10. The Kier molecular flexibility index (Phi) is 18.9. The van der Waals surface area contributed by atoms with Gasteiger partial charge >= 0.3 is 0 Å². The molecular weight excluding hydrogens is 1080 g/mol. The second-order valence-electron chi connectivity index (χ2n) is 31.2. The molecule has 0 unspecified atom stereocenters. The van der Waals surface area contributed by atoms with E-state index in [1.807, 2.05) is 0 Å². The molecule has 0 aliphatic carbocycles. The molecule has 2 aliphatic rings. The summed E-state index contributed by atoms with van der Waals surface area (Å²) in [7, 11) is 0. The minimum atomic E-state index is -0.208. The van der Waals surface area contributed by atoms with Crippen LogP contribution in [0.15, 0.2) is 91.0 Å². The first kappa shape index (κ1) is 65.7. The van der Waals surface area contributed by atoms with Crippen molar-refractivity contribution < 1.29 is 28.4 Å². The molecule has 0 saturated carbocycles. The first-order valence-electron chi connectivity index (χ1n) is 32.9. The zero-order valence-corrected chi connectivity index (χ0v) is 58.0. The van der Waals surface area contributed by atoms with Crippen molar-refractivity contribution in [2.45, 2.75) is 237 Å². The van der Waals surface area contributed by atoms with Gasteiger partial charge in [-0.05, 0) is 172 Å². The summed E-state index contributed by atoms with van der Waals surface area (Å²) < 4.78 is 43.2. The fourth-order valence-electron chi connectivity index (χ4n) is 12.6. The summed E-state index contributed by atoms with van der Waals surface area (Å²) in [6.45, 7) is 52.8. The van der Waals surface area contributed by atoms with Gasteiger partial charge in [-0.1, -0.05) is 203 Å². The van der Waals surface area contributed by atoms with Crippen LogP contribution in [0.3, 0.4) is 0 Å². The van der Waals surface area contributed by atoms with Crippen LogP contribution in [-0.4, -0.2) is 31.4 Å². The zero-order chi connectivity index (χ0) is 64.1. The smallest absolute Gasteiger partial charge is 0.130 e. The van der Waals surface area contributed by atoms with Crippen molar-refractivity contribution >= 4 is 0 Å². The maximum atomic E-state index is 7.49. The van der Waals surface area contributed by atoms with Crippen molar-refractivity contribution in [3.05, 3.63) is 203 Å². The van der Waals surface area contributed by atoms with Gasteiger partial charge in [0.15, 0.2) is 0 Å². The average Bonchev–Trinajstić information content (AvgIpc) is 0.939. The van der Waals surface area contributed by atoms with Gasteiger partial charge in [-0.25, -0.2) is 0 Å². The largest absolute Gasteiger partial charge is 0.493 e. The van der Waals surface area contributed by atoms with Crippen LogP contribution >= 0.6 is 0 Å². The van der Waals surface area contributed by atoms with Gasteiger partial charge in [-0.3, -0.25) is 4.98 Å². The minimum absolute atomic E-state index is 0.185. The van der Waals surface area contributed by atoms with Crippen molar-refractivity contribution in [2.24, 2.45) is 0 Å². The number of benzene rings is 6. The Morgan fingerprint density at radius 2 is 0.477 bits per heavy atom. The molecule has 7 aromatic rings. The zero-order valence-electron chi connectivity index (χ0n) is 58.0. The van der Waals surface area contributed by atoms with Crippen LogP contribution in [0.5, 0.6) is 34.5 Å². The normalized spacial score (nSPS) is 14.2. The Morgan fingerprint density at radius 1 is 0.295 bits per heavy atom. The Morgan fingerprint density at radius 3 is 0.659 bits per heavy atom. The number of ether oxygens (including phenoxy) is 6. The van der Waals surface area contributed by atoms with E-state index in [0.717, 1.165) is 113 Å². The van der Waals surface area contributed by atoms with Crippen molar-refractivity contribution in [3.63, 3.8) is 0 Å². The quantitative estimate of drug-likeness (QED) is 0.150. The van der Waals surface area contributed by atoms with Crippen LogP contribution in [0.1, 0.15) is 264 Å². The Hall–Kier alpha value is -6.73. The minimum Gasteiger partial charge on any atom is -0.493 e. The van der Waals surface area contributed by atoms with Crippen LogP contribution in [-0.2, 0) is 84.2 Å². The second kappa shape index (κ2) is 25.3. The van der Waals surface area contributed by atoms with Gasteiger partial charge in [0.25, 0.3) is 0 Å². The molecule has 2 aliphatic heterocycles. The predicted octanol–water partition coefficient (Wildman–Crippen LogP) is 19.8. The molecule has 0 saturated heterocycles. The Labute approximate surface area is 530 Å². The highest BCUT2D eigenvalue weighted by Gasteiger charge is 2.32. The van der Waals surface area contributed by atoms with Crippen LogP contribution in [0.25, 0.3) is 0 Å². The number of hydrogen-bond acceptors (Lipinski definition) is 7. The van der Waals surface area contributed by atoms with E-state index in [-0.39, 0.29) is 45.7 Å². The molecule has 9 rings (SSSR count). The lowest BCUT2D eigenvalue weighted by atomic mass is 9.79. The van der Waals surface area contributed by atoms with E-state index < -0.39 is 0 Å². The lowest BCUT2D eigenvalue weighted by Gasteiger charge is -2.29. The van der Waals surface area contributed by atoms with Gasteiger partial charge in [-0.15, -0.1) is 0 Å². The standard InChI is InChI=1S/C81H105NO6/c1-23-83-70-50-30-51-37-63(77(8,9)10)41-55(71(51)84-24-2)33-60-46-67(81(20,21)22)47-61-35-57-43-65(79(14,15)16)39-53(73(57)86-26-4)31-52-38-64(78(11,12)13)42-56(72(52)85-25-3)34-59-45-66(80(17,18)19)44-58(32-54(70)40-62(36-50)76(5,6)7)74(59)87-48-68-28-27-29-69(82-68)49-88-75(60)61/h27-29,36-47H,23-26,30-35,48-49H2,1-22H3. The fraction of sp³-hybridized carbons (Fsp3) is 0.494. The van der Waals surface area contributed by atoms with Crippen LogP contribution in [0.2, 0.25) is 0 Å². The molecule has 0 radical (unpaired) electrons. The van der Waals surface area contributed by atoms with E-state index in [2.05, 4.69) is 243 Å². The molecule has 0 spiro atoms. The third-order valence-corrected chi connectivity index (χ3v) is 17.7. The average molecular weight is 1190 g/mol. The third-order valence-electron chi connectivity index (χ3n) is 17.7. The molecule has 3 heterocycles. The molecule has 88 heavy (non-hydrogen) atoms. The first-order valence-corrected chi connectivity index (χ1v) is 32.9. The summed E-state index contributed by atoms with van der Waals surface area (Å²) in [6, 6.07) is 35.2. The molecule has 7 heteroatoms. The van der Waals surface area contributed by atoms with E-state index in [0.29, 0.717) is 65.0 Å². The summed E-state index contributed by atoms with van der Waals surface area (Å²) in [4.78, 5) is 5.39. The maximum absolute atomic E-state index is 7.49. The van der Waals surface area contributed by atoms with Crippen LogP contribution < -0.4 is 28.4 Å². The molecule has 6 aromatic carbocycles. The predicted molar refractivity (Wildman–Crippen MR) is 365 cm³/mol. The number of rotatable bonds is 8. The van der Waals surface area contributed by atoms with Gasteiger partial charge in [0.05, 0.1) is 37.8 Å². The highest BCUT2D eigenvalue weighted by molar-refractivity contribution is 5.62. The monoisotopic (exact) mass is 1190 g/mol. The first-order chi connectivity index (χ1) is 41.2. The van der Waals surface area contributed by atoms with Crippen LogP contribution in [0, 0.1) is 0 Å². The molecular formula is C81H105NO6. The summed E-state index contributed by atoms with van der Waals surface area (Å²) in [5.41, 5.74) is 21.4. The maximum Gasteiger partial charge on any atom is 0.130 e. The third kappa shape index (κ3) is 14.8. The lowest BCUT2D eigenvalue weighted by Crippen LogP contribution is -2.18. The van der Waals surface area contributed by atoms with E-state index >= 15 is 0 Å². The lowest BCUT2D eigenvalue weighted by molar-refractivity contribution is 0.284. The molecule has 470 valence electrons. The van der Waals surface area contributed by atoms with Gasteiger partial charge in [-0.2, -0.15) is 0 Å². The van der Waals surface area contributed by atoms with Crippen molar-refractivity contribution in [3.8, 4) is 34.5 Å². The highest BCUT2D eigenvalue weighted by atomic mass is 16.5. The van der Waals surface area contributed by atoms with Gasteiger partial charge in [0, 0.05) is 38.5 Å². The summed E-state index contributed by atoms with van der Waals surface area (Å²) in [5.74, 6) is 5.36. The Balaban J connectivity index is 1.51. The van der Waals surface area contributed by atoms with Gasteiger partial charge < -0.3 is 28.4 Å². The van der Waals surface area contributed by atoms with Gasteiger partial charge in [0.1, 0.15) is 47.7 Å². The summed E-state index contributed by atoms with van der Waals surface area (Å²) in [6.07, 6.45) is 3.48. The SMILES string of the molecule is CCOc1c2cc(C(C)(C)C)cc1Cc1cc(C(C)(C)C)cc3c1OCc1cccc(n1)COc1c(cc(C(C)(C)C)cc1Cc1cc(C(C)(C)C)cc(c1OCC)Cc1cc(C(C)(C)C)cc(c1OCC)C3)Cc1cc(C(C)(C)C)cc(c1OCC)C2. The Bertz CT molecular complexity index is 3250. The van der Waals surface area contributed by atoms with E-state index in [4.69, 9.17) is 33.4 Å². The number of hydrogen-bond donors (Lipinski definition) is 0. The number of aromatic nitrogens is 1. The van der Waals surface area contributed by atoms with Crippen molar-refractivity contribution in [2.75, 3.05) is 26.4 Å². The summed E-state index contributed by atoms with van der Waals surface area (Å²) >= 11 is 0. The fourth-order valence-corrected chi connectivity index (χ4v) is 12.6.